The van der Waals surface area contributed by atoms with Crippen LogP contribution in [0, 0.1) is 6.92 Å². The van der Waals surface area contributed by atoms with Crippen molar-refractivity contribution in [3.63, 3.8) is 0 Å². The molecule has 8 heteroatoms. The van der Waals surface area contributed by atoms with E-state index in [1.165, 1.54) is 0 Å². The van der Waals surface area contributed by atoms with E-state index < -0.39 is 12.8 Å². The van der Waals surface area contributed by atoms with Crippen molar-refractivity contribution in [2.24, 2.45) is 4.99 Å². The van der Waals surface area contributed by atoms with E-state index in [1.54, 1.807) is 43.3 Å². The molecule has 0 aromatic heterocycles. The zero-order chi connectivity index (χ0) is 20.6. The average molecular weight is 395 g/mol. The smallest absolute Gasteiger partial charge is 0.422 e. The van der Waals surface area contributed by atoms with Crippen LogP contribution in [0.3, 0.4) is 0 Å². The van der Waals surface area contributed by atoms with Gasteiger partial charge in [-0.1, -0.05) is 24.3 Å². The molecule has 0 saturated heterocycles. The summed E-state index contributed by atoms with van der Waals surface area (Å²) in [6.45, 7) is 3.66. The molecule has 0 fully saturated rings. The van der Waals surface area contributed by atoms with Gasteiger partial charge in [-0.3, -0.25) is 0 Å². The third-order valence-electron chi connectivity index (χ3n) is 3.76. The summed E-state index contributed by atoms with van der Waals surface area (Å²) in [5.41, 5.74) is 2.33. The molecule has 3 N–H and O–H groups in total. The summed E-state index contributed by atoms with van der Waals surface area (Å²) in [4.78, 5) is 4.45. The van der Waals surface area contributed by atoms with Crippen molar-refractivity contribution < 1.29 is 23.0 Å². The fourth-order valence-corrected chi connectivity index (χ4v) is 2.39. The third kappa shape index (κ3) is 7.38. The van der Waals surface area contributed by atoms with Gasteiger partial charge in [-0.05, 0) is 43.2 Å². The van der Waals surface area contributed by atoms with Crippen LogP contribution in [0.1, 0.15) is 23.6 Å². The highest BCUT2D eigenvalue weighted by Gasteiger charge is 2.28. The van der Waals surface area contributed by atoms with Crippen LogP contribution in [0.4, 0.5) is 13.2 Å². The van der Waals surface area contributed by atoms with Gasteiger partial charge < -0.3 is 20.5 Å². The molecule has 2 rings (SSSR count). The first-order chi connectivity index (χ1) is 13.3. The number of halogens is 3. The molecule has 5 nitrogen and oxygen atoms in total. The average Bonchev–Trinajstić information content (AvgIpc) is 2.64. The number of hydrogen-bond donors (Lipinski definition) is 3. The minimum atomic E-state index is -4.39. The molecule has 0 amide bonds. The van der Waals surface area contributed by atoms with Gasteiger partial charge in [0.25, 0.3) is 0 Å². The Morgan fingerprint density at radius 3 is 2.46 bits per heavy atom. The van der Waals surface area contributed by atoms with Crippen LogP contribution in [-0.4, -0.2) is 30.4 Å². The molecule has 0 aliphatic rings. The van der Waals surface area contributed by atoms with E-state index >= 15 is 0 Å². The van der Waals surface area contributed by atoms with Crippen molar-refractivity contribution in [3.8, 4) is 11.5 Å². The summed E-state index contributed by atoms with van der Waals surface area (Å²) in [5, 5.41) is 15.5. The van der Waals surface area contributed by atoms with Crippen LogP contribution >= 0.6 is 0 Å². The molecule has 0 radical (unpaired) electrons. The zero-order valence-corrected chi connectivity index (χ0v) is 15.8. The Kier molecular flexibility index (Phi) is 7.54. The molecule has 0 atom stereocenters. The Balaban J connectivity index is 2.05. The summed E-state index contributed by atoms with van der Waals surface area (Å²) < 4.78 is 42.4. The second kappa shape index (κ2) is 9.87. The molecular weight excluding hydrogens is 371 g/mol. The Hall–Kier alpha value is -2.90. The molecule has 0 saturated carbocycles. The molecule has 0 bridgehead atoms. The van der Waals surface area contributed by atoms with Crippen molar-refractivity contribution in [2.75, 3.05) is 13.2 Å². The number of nitrogens with zero attached hydrogens (tertiary/aromatic N) is 1. The first kappa shape index (κ1) is 21.4. The minimum absolute atomic E-state index is 0.184. The summed E-state index contributed by atoms with van der Waals surface area (Å²) in [6.07, 6.45) is -4.39. The van der Waals surface area contributed by atoms with Crippen molar-refractivity contribution >= 4 is 5.96 Å². The molecule has 0 spiro atoms. The highest BCUT2D eigenvalue weighted by atomic mass is 19.4. The first-order valence-corrected chi connectivity index (χ1v) is 8.86. The number of phenols is 1. The van der Waals surface area contributed by atoms with Crippen LogP contribution in [-0.2, 0) is 13.1 Å². The van der Waals surface area contributed by atoms with Crippen LogP contribution in [0.15, 0.2) is 47.5 Å². The molecule has 28 heavy (non-hydrogen) atoms. The van der Waals surface area contributed by atoms with E-state index in [1.807, 2.05) is 13.0 Å². The van der Waals surface area contributed by atoms with Gasteiger partial charge in [-0.2, -0.15) is 13.2 Å². The zero-order valence-electron chi connectivity index (χ0n) is 15.8. The van der Waals surface area contributed by atoms with Crippen molar-refractivity contribution in [1.29, 1.82) is 0 Å². The van der Waals surface area contributed by atoms with Gasteiger partial charge in [0.2, 0.25) is 0 Å². The summed E-state index contributed by atoms with van der Waals surface area (Å²) in [6, 6.07) is 11.8. The molecule has 0 heterocycles. The van der Waals surface area contributed by atoms with E-state index in [2.05, 4.69) is 15.6 Å². The van der Waals surface area contributed by atoms with Crippen LogP contribution < -0.4 is 15.4 Å². The van der Waals surface area contributed by atoms with E-state index in [0.29, 0.717) is 24.6 Å². The van der Waals surface area contributed by atoms with Gasteiger partial charge in [0, 0.05) is 18.7 Å². The number of aliphatic imine (C=N–C) groups is 1. The first-order valence-electron chi connectivity index (χ1n) is 8.86. The molecule has 0 aliphatic heterocycles. The fraction of sp³-hybridized carbons (Fsp3) is 0.350. The molecule has 2 aromatic carbocycles. The van der Waals surface area contributed by atoms with Crippen LogP contribution in [0.5, 0.6) is 11.5 Å². The normalized spacial score (nSPS) is 12.0. The predicted molar refractivity (Wildman–Crippen MR) is 102 cm³/mol. The Bertz CT molecular complexity index is 790. The topological polar surface area (TPSA) is 65.9 Å². The quantitative estimate of drug-likeness (QED) is 0.492. The molecule has 0 aliphatic carbocycles. The molecule has 152 valence electrons. The highest BCUT2D eigenvalue weighted by Crippen LogP contribution is 2.23. The monoisotopic (exact) mass is 395 g/mol. The van der Waals surface area contributed by atoms with Gasteiger partial charge in [0.15, 0.2) is 12.6 Å². The van der Waals surface area contributed by atoms with Gasteiger partial charge in [0.1, 0.15) is 11.5 Å². The van der Waals surface area contributed by atoms with Gasteiger partial charge in [-0.25, -0.2) is 4.99 Å². The number of aryl methyl sites for hydroxylation is 1. The maximum Gasteiger partial charge on any atom is 0.422 e. The lowest BCUT2D eigenvalue weighted by molar-refractivity contribution is -0.153. The summed E-state index contributed by atoms with van der Waals surface area (Å²) >= 11 is 0. The lowest BCUT2D eigenvalue weighted by Gasteiger charge is -2.16. The number of guanidine groups is 1. The Morgan fingerprint density at radius 1 is 1.11 bits per heavy atom. The Morgan fingerprint density at radius 2 is 1.82 bits per heavy atom. The number of nitrogens with one attached hydrogen (secondary N) is 2. The van der Waals surface area contributed by atoms with Gasteiger partial charge >= 0.3 is 6.18 Å². The number of aromatic hydroxyl groups is 1. The Labute approximate surface area is 162 Å². The van der Waals surface area contributed by atoms with E-state index in [9.17, 15) is 18.3 Å². The maximum absolute atomic E-state index is 12.5. The van der Waals surface area contributed by atoms with Crippen molar-refractivity contribution in [2.45, 2.75) is 33.1 Å². The van der Waals surface area contributed by atoms with E-state index in [0.717, 1.165) is 11.1 Å². The fourth-order valence-electron chi connectivity index (χ4n) is 2.39. The largest absolute Gasteiger partial charge is 0.508 e. The highest BCUT2D eigenvalue weighted by molar-refractivity contribution is 5.79. The number of ether oxygens (including phenoxy) is 1. The van der Waals surface area contributed by atoms with Gasteiger partial charge in [-0.15, -0.1) is 0 Å². The standard InChI is InChI=1S/C20H24F3N3O2/c1-3-24-19(25-11-15-5-8-17(27)9-6-15)26-12-16-7-4-14(2)10-18(16)28-13-20(21,22)23/h4-10,27H,3,11-13H2,1-2H3,(H2,24,25,26). The second-order valence-electron chi connectivity index (χ2n) is 6.23. The minimum Gasteiger partial charge on any atom is -0.508 e. The molecular formula is C20H24F3N3O2. The molecule has 2 aromatic rings. The summed E-state index contributed by atoms with van der Waals surface area (Å²) in [7, 11) is 0. The van der Waals surface area contributed by atoms with Crippen molar-refractivity contribution in [1.82, 2.24) is 10.6 Å². The van der Waals surface area contributed by atoms with Crippen LogP contribution in [0.2, 0.25) is 0 Å². The number of phenolic OH excluding ortho intramolecular Hbond substituents is 1. The van der Waals surface area contributed by atoms with E-state index in [4.69, 9.17) is 4.74 Å². The SMILES string of the molecule is CCNC(=NCc1ccc(O)cc1)NCc1ccc(C)cc1OCC(F)(F)F. The number of benzene rings is 2. The maximum atomic E-state index is 12.5. The van der Waals surface area contributed by atoms with Crippen molar-refractivity contribution in [3.05, 3.63) is 59.2 Å². The second-order valence-corrected chi connectivity index (χ2v) is 6.23. The molecule has 0 unspecified atom stereocenters. The lowest BCUT2D eigenvalue weighted by atomic mass is 10.1. The van der Waals surface area contributed by atoms with E-state index in [-0.39, 0.29) is 18.0 Å². The third-order valence-corrected chi connectivity index (χ3v) is 3.76. The van der Waals surface area contributed by atoms with Gasteiger partial charge in [0.05, 0.1) is 6.54 Å². The lowest BCUT2D eigenvalue weighted by Crippen LogP contribution is -2.37. The number of rotatable bonds is 7. The van der Waals surface area contributed by atoms with Crippen LogP contribution in [0.25, 0.3) is 0 Å². The number of hydrogen-bond acceptors (Lipinski definition) is 3. The number of alkyl halides is 3. The summed E-state index contributed by atoms with van der Waals surface area (Å²) in [5.74, 6) is 0.903. The predicted octanol–water partition coefficient (Wildman–Crippen LogP) is 3.90.